The minimum absolute atomic E-state index is 0.147. The van der Waals surface area contributed by atoms with Crippen molar-refractivity contribution in [3.63, 3.8) is 0 Å². The van der Waals surface area contributed by atoms with Crippen LogP contribution in [-0.4, -0.2) is 43.6 Å². The molecule has 0 aromatic carbocycles. The highest BCUT2D eigenvalue weighted by molar-refractivity contribution is 5.75. The minimum atomic E-state index is -2.75. The third-order valence-corrected chi connectivity index (χ3v) is 5.29. The lowest BCUT2D eigenvalue weighted by Gasteiger charge is -2.19. The molecule has 0 radical (unpaired) electrons. The van der Waals surface area contributed by atoms with E-state index in [1.165, 1.54) is 16.9 Å². The molecule has 3 aromatic heterocycles. The molecule has 1 aliphatic heterocycles. The molecule has 4 heterocycles. The molecule has 3 aromatic rings. The number of halogens is 2. The molecular formula is C16H14F2N6O2. The van der Waals surface area contributed by atoms with Crippen LogP contribution in [0.4, 0.5) is 14.5 Å². The Kier molecular flexibility index (Phi) is 2.80. The number of rotatable bonds is 2. The fourth-order valence-corrected chi connectivity index (χ4v) is 3.65. The molecule has 134 valence electrons. The number of alkyl halides is 2. The van der Waals surface area contributed by atoms with Crippen molar-refractivity contribution in [3.8, 4) is 11.3 Å². The zero-order valence-corrected chi connectivity index (χ0v) is 13.5. The van der Waals surface area contributed by atoms with Gasteiger partial charge in [-0.3, -0.25) is 9.78 Å². The first-order valence-electron chi connectivity index (χ1n) is 8.18. The first kappa shape index (κ1) is 15.2. The Bertz CT molecular complexity index is 1140. The molecule has 0 atom stereocenters. The lowest BCUT2D eigenvalue weighted by Crippen LogP contribution is -2.28. The molecule has 1 spiro atoms. The second-order valence-corrected chi connectivity index (χ2v) is 6.94. The Morgan fingerprint density at radius 3 is 2.69 bits per heavy atom. The van der Waals surface area contributed by atoms with E-state index in [0.717, 1.165) is 0 Å². The average Bonchev–Trinajstić information content (AvgIpc) is 3.13. The van der Waals surface area contributed by atoms with Gasteiger partial charge in [-0.15, -0.1) is 0 Å². The van der Waals surface area contributed by atoms with Crippen LogP contribution in [0.2, 0.25) is 0 Å². The van der Waals surface area contributed by atoms with Crippen molar-refractivity contribution < 1.29 is 8.78 Å². The summed E-state index contributed by atoms with van der Waals surface area (Å²) in [5, 5.41) is 4.31. The molecule has 26 heavy (non-hydrogen) atoms. The van der Waals surface area contributed by atoms with E-state index in [1.54, 1.807) is 17.2 Å². The number of aromatic amines is 2. The number of hydrogen-bond donors (Lipinski definition) is 2. The van der Waals surface area contributed by atoms with E-state index in [4.69, 9.17) is 0 Å². The predicted molar refractivity (Wildman–Crippen MR) is 88.5 cm³/mol. The van der Waals surface area contributed by atoms with Gasteiger partial charge in [0.15, 0.2) is 5.65 Å². The van der Waals surface area contributed by atoms with Gasteiger partial charge < -0.3 is 9.88 Å². The Hall–Kier alpha value is -3.04. The fraction of sp³-hybridized carbons (Fsp3) is 0.375. The third-order valence-electron chi connectivity index (χ3n) is 5.29. The standard InChI is InChI=1S/C16H14F2N6O2/c17-16(18)8-23(7-15(16)1-2-15)11-5-10(22-24-4-3-19-12(11)24)9-6-20-14(26)21-13(9)25/h3-6H,1-2,7-8H2,(H2,20,21,25,26). The molecule has 10 heteroatoms. The van der Waals surface area contributed by atoms with Gasteiger partial charge in [-0.1, -0.05) is 0 Å². The van der Waals surface area contributed by atoms with Crippen molar-refractivity contribution in [2.75, 3.05) is 18.0 Å². The predicted octanol–water partition coefficient (Wildman–Crippen LogP) is 1.01. The SMILES string of the molecule is O=c1[nH]cc(-c2cc(N3CC(F)(F)C4(CC4)C3)c3nccn3n2)c(=O)[nH]1. The Morgan fingerprint density at radius 1 is 1.19 bits per heavy atom. The highest BCUT2D eigenvalue weighted by atomic mass is 19.3. The molecule has 1 saturated carbocycles. The van der Waals surface area contributed by atoms with Gasteiger partial charge in [0.25, 0.3) is 11.5 Å². The van der Waals surface area contributed by atoms with Crippen molar-refractivity contribution in [2.24, 2.45) is 5.41 Å². The summed E-state index contributed by atoms with van der Waals surface area (Å²) in [4.78, 5) is 33.7. The number of hydrogen-bond acceptors (Lipinski definition) is 5. The largest absolute Gasteiger partial charge is 0.362 e. The van der Waals surface area contributed by atoms with Crippen LogP contribution in [0, 0.1) is 5.41 Å². The van der Waals surface area contributed by atoms with Crippen LogP contribution in [0.1, 0.15) is 12.8 Å². The minimum Gasteiger partial charge on any atom is -0.362 e. The normalized spacial score (nSPS) is 20.2. The van der Waals surface area contributed by atoms with Crippen molar-refractivity contribution in [2.45, 2.75) is 18.8 Å². The summed E-state index contributed by atoms with van der Waals surface area (Å²) in [6.45, 7) is -0.144. The van der Waals surface area contributed by atoms with Crippen LogP contribution in [-0.2, 0) is 0 Å². The first-order chi connectivity index (χ1) is 12.4. The quantitative estimate of drug-likeness (QED) is 0.711. The maximum Gasteiger partial charge on any atom is 0.325 e. The molecule has 2 aliphatic rings. The Balaban J connectivity index is 1.67. The van der Waals surface area contributed by atoms with Crippen LogP contribution < -0.4 is 16.1 Å². The maximum atomic E-state index is 14.4. The summed E-state index contributed by atoms with van der Waals surface area (Å²) in [6.07, 6.45) is 5.39. The Labute approximate surface area is 144 Å². The van der Waals surface area contributed by atoms with E-state index >= 15 is 0 Å². The van der Waals surface area contributed by atoms with Gasteiger partial charge in [0, 0.05) is 25.1 Å². The molecule has 2 N–H and O–H groups in total. The topological polar surface area (TPSA) is 99.2 Å². The molecule has 5 rings (SSSR count). The molecule has 0 unspecified atom stereocenters. The number of nitrogens with one attached hydrogen (secondary N) is 2. The van der Waals surface area contributed by atoms with Gasteiger partial charge in [0.2, 0.25) is 0 Å². The first-order valence-corrected chi connectivity index (χ1v) is 8.18. The number of nitrogens with zero attached hydrogens (tertiary/aromatic N) is 4. The van der Waals surface area contributed by atoms with Gasteiger partial charge in [-0.25, -0.2) is 23.1 Å². The van der Waals surface area contributed by atoms with Crippen molar-refractivity contribution in [1.82, 2.24) is 24.6 Å². The molecule has 1 aliphatic carbocycles. The van der Waals surface area contributed by atoms with E-state index in [2.05, 4.69) is 20.1 Å². The average molecular weight is 360 g/mol. The summed E-state index contributed by atoms with van der Waals surface area (Å²) < 4.78 is 30.2. The van der Waals surface area contributed by atoms with Crippen molar-refractivity contribution in [3.05, 3.63) is 45.5 Å². The second kappa shape index (κ2) is 4.77. The van der Waals surface area contributed by atoms with E-state index in [0.29, 0.717) is 24.2 Å². The van der Waals surface area contributed by atoms with Crippen LogP contribution in [0.3, 0.4) is 0 Å². The van der Waals surface area contributed by atoms with Crippen molar-refractivity contribution >= 4 is 11.3 Å². The van der Waals surface area contributed by atoms with Gasteiger partial charge >= 0.3 is 5.69 Å². The summed E-state index contributed by atoms with van der Waals surface area (Å²) in [6, 6.07) is 1.57. The zero-order valence-electron chi connectivity index (χ0n) is 13.5. The number of aromatic nitrogens is 5. The molecule has 2 fully saturated rings. The maximum absolute atomic E-state index is 14.4. The highest BCUT2D eigenvalue weighted by Gasteiger charge is 2.67. The smallest absolute Gasteiger partial charge is 0.325 e. The fourth-order valence-electron chi connectivity index (χ4n) is 3.65. The van der Waals surface area contributed by atoms with E-state index in [1.807, 2.05) is 0 Å². The molecule has 0 bridgehead atoms. The lowest BCUT2D eigenvalue weighted by atomic mass is 10.0. The third kappa shape index (κ3) is 2.04. The monoisotopic (exact) mass is 360 g/mol. The van der Waals surface area contributed by atoms with Crippen LogP contribution >= 0.6 is 0 Å². The van der Waals surface area contributed by atoms with Gasteiger partial charge in [0.05, 0.1) is 23.2 Å². The van der Waals surface area contributed by atoms with Gasteiger partial charge in [0.1, 0.15) is 5.69 Å². The van der Waals surface area contributed by atoms with Gasteiger partial charge in [-0.2, -0.15) is 5.10 Å². The van der Waals surface area contributed by atoms with Crippen LogP contribution in [0.5, 0.6) is 0 Å². The number of imidazole rings is 1. The van der Waals surface area contributed by atoms with Crippen LogP contribution in [0.25, 0.3) is 16.9 Å². The lowest BCUT2D eigenvalue weighted by molar-refractivity contribution is -0.0334. The van der Waals surface area contributed by atoms with E-state index in [9.17, 15) is 18.4 Å². The molecule has 1 saturated heterocycles. The van der Waals surface area contributed by atoms with Gasteiger partial charge in [-0.05, 0) is 18.9 Å². The second-order valence-electron chi connectivity index (χ2n) is 6.94. The van der Waals surface area contributed by atoms with E-state index in [-0.39, 0.29) is 24.3 Å². The highest BCUT2D eigenvalue weighted by Crippen LogP contribution is 2.61. The summed E-state index contributed by atoms with van der Waals surface area (Å²) in [5.74, 6) is -2.75. The number of H-pyrrole nitrogens is 2. The molecule has 8 nitrogen and oxygen atoms in total. The molecular weight excluding hydrogens is 346 g/mol. The Morgan fingerprint density at radius 2 is 2.00 bits per heavy atom. The summed E-state index contributed by atoms with van der Waals surface area (Å²) in [7, 11) is 0. The summed E-state index contributed by atoms with van der Waals surface area (Å²) >= 11 is 0. The molecule has 0 amide bonds. The van der Waals surface area contributed by atoms with Crippen molar-refractivity contribution in [1.29, 1.82) is 0 Å². The summed E-state index contributed by atoms with van der Waals surface area (Å²) in [5.41, 5.74) is -0.821. The number of fused-ring (bicyclic) bond motifs is 1. The van der Waals surface area contributed by atoms with E-state index < -0.39 is 22.6 Å². The van der Waals surface area contributed by atoms with Crippen LogP contribution in [0.15, 0.2) is 34.2 Å². The zero-order chi connectivity index (χ0) is 18.1. The number of anilines is 1.